The first-order valence-corrected chi connectivity index (χ1v) is 8.21. The molecule has 0 aliphatic carbocycles. The SMILES string of the molecule is COc1ccc(S(=O)(=O)N2CCC(OC)CC2CN)cn1.Cl. The first-order valence-electron chi connectivity index (χ1n) is 6.77. The van der Waals surface area contributed by atoms with Crippen LogP contribution in [-0.2, 0) is 14.8 Å². The molecule has 2 heterocycles. The van der Waals surface area contributed by atoms with Gasteiger partial charge >= 0.3 is 0 Å². The molecule has 0 radical (unpaired) electrons. The van der Waals surface area contributed by atoms with E-state index < -0.39 is 10.0 Å². The Morgan fingerprint density at radius 1 is 1.41 bits per heavy atom. The summed E-state index contributed by atoms with van der Waals surface area (Å²) < 4.78 is 37.1. The molecule has 2 atom stereocenters. The molecule has 0 aromatic carbocycles. The molecule has 0 amide bonds. The maximum absolute atomic E-state index is 12.7. The predicted molar refractivity (Wildman–Crippen MR) is 84.8 cm³/mol. The van der Waals surface area contributed by atoms with Gasteiger partial charge in [0.25, 0.3) is 0 Å². The number of halogens is 1. The van der Waals surface area contributed by atoms with E-state index in [1.54, 1.807) is 7.11 Å². The van der Waals surface area contributed by atoms with E-state index in [2.05, 4.69) is 4.98 Å². The Bertz CT molecular complexity index is 567. The van der Waals surface area contributed by atoms with Gasteiger partial charge in [-0.15, -0.1) is 12.4 Å². The summed E-state index contributed by atoms with van der Waals surface area (Å²) in [6, 6.07) is 2.78. The highest BCUT2D eigenvalue weighted by molar-refractivity contribution is 7.89. The molecule has 7 nitrogen and oxygen atoms in total. The van der Waals surface area contributed by atoms with Gasteiger partial charge in [-0.3, -0.25) is 0 Å². The van der Waals surface area contributed by atoms with Crippen molar-refractivity contribution in [3.05, 3.63) is 18.3 Å². The number of nitrogens with two attached hydrogens (primary N) is 1. The maximum Gasteiger partial charge on any atom is 0.244 e. The fourth-order valence-electron chi connectivity index (χ4n) is 2.51. The van der Waals surface area contributed by atoms with Crippen molar-refractivity contribution in [3.63, 3.8) is 0 Å². The number of hydrogen-bond donors (Lipinski definition) is 1. The van der Waals surface area contributed by atoms with E-state index >= 15 is 0 Å². The van der Waals surface area contributed by atoms with E-state index in [1.807, 2.05) is 0 Å². The summed E-state index contributed by atoms with van der Waals surface area (Å²) in [6.07, 6.45) is 2.63. The second kappa shape index (κ2) is 8.07. The average Bonchev–Trinajstić information content (AvgIpc) is 2.54. The molecule has 22 heavy (non-hydrogen) atoms. The average molecular weight is 352 g/mol. The van der Waals surface area contributed by atoms with Crippen LogP contribution in [0.15, 0.2) is 23.2 Å². The second-order valence-corrected chi connectivity index (χ2v) is 6.81. The van der Waals surface area contributed by atoms with Crippen LogP contribution in [0, 0.1) is 0 Å². The molecular weight excluding hydrogens is 330 g/mol. The van der Waals surface area contributed by atoms with Gasteiger partial charge in [0.15, 0.2) is 0 Å². The van der Waals surface area contributed by atoms with Crippen LogP contribution >= 0.6 is 12.4 Å². The number of nitrogens with zero attached hydrogens (tertiary/aromatic N) is 2. The summed E-state index contributed by atoms with van der Waals surface area (Å²) >= 11 is 0. The number of hydrogen-bond acceptors (Lipinski definition) is 6. The molecule has 1 saturated heterocycles. The Hall–Kier alpha value is -0.930. The molecule has 2 rings (SSSR count). The van der Waals surface area contributed by atoms with Gasteiger partial charge in [-0.25, -0.2) is 13.4 Å². The summed E-state index contributed by atoms with van der Waals surface area (Å²) in [7, 11) is -0.483. The zero-order valence-electron chi connectivity index (χ0n) is 12.6. The lowest BCUT2D eigenvalue weighted by atomic mass is 10.0. The Morgan fingerprint density at radius 2 is 2.14 bits per heavy atom. The summed E-state index contributed by atoms with van der Waals surface area (Å²) in [5.41, 5.74) is 5.73. The minimum absolute atomic E-state index is 0. The lowest BCUT2D eigenvalue weighted by Crippen LogP contribution is -2.51. The van der Waals surface area contributed by atoms with Crippen LogP contribution in [0.2, 0.25) is 0 Å². The Labute approximate surface area is 137 Å². The summed E-state index contributed by atoms with van der Waals surface area (Å²) in [4.78, 5) is 4.11. The van der Waals surface area contributed by atoms with E-state index in [9.17, 15) is 8.42 Å². The van der Waals surface area contributed by atoms with Crippen LogP contribution in [0.5, 0.6) is 5.88 Å². The first-order chi connectivity index (χ1) is 10.0. The van der Waals surface area contributed by atoms with Gasteiger partial charge in [0.1, 0.15) is 4.90 Å². The van der Waals surface area contributed by atoms with Crippen molar-refractivity contribution in [1.29, 1.82) is 0 Å². The molecule has 1 fully saturated rings. The fraction of sp³-hybridized carbons (Fsp3) is 0.615. The first kappa shape index (κ1) is 19.1. The van der Waals surface area contributed by atoms with Gasteiger partial charge in [-0.1, -0.05) is 0 Å². The molecular formula is C13H22ClN3O4S. The lowest BCUT2D eigenvalue weighted by Gasteiger charge is -2.37. The Balaban J connectivity index is 0.00000242. The standard InChI is InChI=1S/C13H21N3O4S.ClH/c1-19-11-5-6-16(10(7-11)8-14)21(17,18)12-3-4-13(20-2)15-9-12;/h3-4,9-11H,5-8,14H2,1-2H3;1H. The Kier molecular flexibility index (Phi) is 7.01. The van der Waals surface area contributed by atoms with Gasteiger partial charge < -0.3 is 15.2 Å². The van der Waals surface area contributed by atoms with E-state index in [-0.39, 0.29) is 36.0 Å². The number of sulfonamides is 1. The van der Waals surface area contributed by atoms with Gasteiger partial charge in [0.05, 0.1) is 19.4 Å². The Morgan fingerprint density at radius 3 is 2.64 bits per heavy atom. The highest BCUT2D eigenvalue weighted by atomic mass is 35.5. The molecule has 126 valence electrons. The van der Waals surface area contributed by atoms with Gasteiger partial charge in [0.2, 0.25) is 15.9 Å². The molecule has 1 aliphatic rings. The maximum atomic E-state index is 12.7. The molecule has 0 bridgehead atoms. The molecule has 0 saturated carbocycles. The predicted octanol–water partition coefficient (Wildman–Crippen LogP) is 0.639. The van der Waals surface area contributed by atoms with Gasteiger partial charge in [-0.2, -0.15) is 4.31 Å². The number of piperidine rings is 1. The second-order valence-electron chi connectivity index (χ2n) is 4.92. The fourth-order valence-corrected chi connectivity index (χ4v) is 4.12. The van der Waals surface area contributed by atoms with Gasteiger partial charge in [0, 0.05) is 32.3 Å². The summed E-state index contributed by atoms with van der Waals surface area (Å²) in [5.74, 6) is 0.377. The van der Waals surface area contributed by atoms with E-state index in [0.717, 1.165) is 0 Å². The van der Waals surface area contributed by atoms with Crippen molar-refractivity contribution in [1.82, 2.24) is 9.29 Å². The third kappa shape index (κ3) is 3.88. The molecule has 1 aliphatic heterocycles. The minimum atomic E-state index is -3.60. The molecule has 1 aromatic heterocycles. The summed E-state index contributed by atoms with van der Waals surface area (Å²) in [6.45, 7) is 0.664. The zero-order chi connectivity index (χ0) is 15.5. The molecule has 1 aromatic rings. The van der Waals surface area contributed by atoms with Crippen molar-refractivity contribution in [2.75, 3.05) is 27.3 Å². The van der Waals surface area contributed by atoms with Crippen molar-refractivity contribution in [2.24, 2.45) is 5.73 Å². The molecule has 0 spiro atoms. The van der Waals surface area contributed by atoms with Crippen molar-refractivity contribution in [2.45, 2.75) is 29.9 Å². The number of rotatable bonds is 5. The van der Waals surface area contributed by atoms with Crippen LogP contribution in [0.25, 0.3) is 0 Å². The quantitative estimate of drug-likeness (QED) is 0.836. The third-order valence-corrected chi connectivity index (χ3v) is 5.68. The van der Waals surface area contributed by atoms with E-state index in [0.29, 0.717) is 25.3 Å². The number of pyridine rings is 1. The van der Waals surface area contributed by atoms with E-state index in [1.165, 1.54) is 29.7 Å². The summed E-state index contributed by atoms with van der Waals surface area (Å²) in [5, 5.41) is 0. The third-order valence-electron chi connectivity index (χ3n) is 3.74. The molecule has 2 N–H and O–H groups in total. The van der Waals surface area contributed by atoms with Crippen LogP contribution in [0.3, 0.4) is 0 Å². The normalized spacial score (nSPS) is 22.9. The van der Waals surface area contributed by atoms with Crippen LogP contribution in [-0.4, -0.2) is 57.2 Å². The van der Waals surface area contributed by atoms with E-state index in [4.69, 9.17) is 15.2 Å². The van der Waals surface area contributed by atoms with Crippen molar-refractivity contribution < 1.29 is 17.9 Å². The van der Waals surface area contributed by atoms with Gasteiger partial charge in [-0.05, 0) is 18.9 Å². The zero-order valence-corrected chi connectivity index (χ0v) is 14.3. The largest absolute Gasteiger partial charge is 0.481 e. The highest BCUT2D eigenvalue weighted by Gasteiger charge is 2.36. The number of ether oxygens (including phenoxy) is 2. The molecule has 9 heteroatoms. The van der Waals surface area contributed by atoms with Crippen molar-refractivity contribution in [3.8, 4) is 5.88 Å². The lowest BCUT2D eigenvalue weighted by molar-refractivity contribution is 0.0401. The van der Waals surface area contributed by atoms with Crippen LogP contribution in [0.4, 0.5) is 0 Å². The minimum Gasteiger partial charge on any atom is -0.481 e. The van der Waals surface area contributed by atoms with Crippen LogP contribution < -0.4 is 10.5 Å². The topological polar surface area (TPSA) is 94.8 Å². The molecule has 2 unspecified atom stereocenters. The van der Waals surface area contributed by atoms with Crippen molar-refractivity contribution >= 4 is 22.4 Å². The highest BCUT2D eigenvalue weighted by Crippen LogP contribution is 2.26. The monoisotopic (exact) mass is 351 g/mol. The number of methoxy groups -OCH3 is 2. The number of aromatic nitrogens is 1. The smallest absolute Gasteiger partial charge is 0.244 e. The van der Waals surface area contributed by atoms with Crippen LogP contribution in [0.1, 0.15) is 12.8 Å².